The van der Waals surface area contributed by atoms with Gasteiger partial charge in [0.25, 0.3) is 0 Å². The first kappa shape index (κ1) is 21.8. The van der Waals surface area contributed by atoms with E-state index in [1.165, 1.54) is 49.5 Å². The number of aromatic nitrogens is 2. The predicted octanol–water partition coefficient (Wildman–Crippen LogP) is 5.26. The molecule has 0 N–H and O–H groups in total. The van der Waals surface area contributed by atoms with Crippen LogP contribution < -0.4 is 10.9 Å². The molecule has 3 heteroatoms. The zero-order chi connectivity index (χ0) is 19.9. The van der Waals surface area contributed by atoms with Crippen LogP contribution in [-0.4, -0.2) is 16.3 Å². The molecule has 0 spiro atoms. The normalized spacial score (nSPS) is 10.0. The molecule has 0 amide bonds. The number of rotatable bonds is 10. The molecule has 146 valence electrons. The van der Waals surface area contributed by atoms with E-state index in [0.717, 1.165) is 6.54 Å². The van der Waals surface area contributed by atoms with Crippen LogP contribution in [-0.2, 0) is 6.54 Å². The first-order valence-corrected chi connectivity index (χ1v) is 10.5. The molecule has 3 rings (SSSR count). The molecule has 0 saturated carbocycles. The minimum absolute atomic E-state index is 0.299. The van der Waals surface area contributed by atoms with Gasteiger partial charge in [0.2, 0.25) is 6.71 Å². The Bertz CT molecular complexity index is 699. The van der Waals surface area contributed by atoms with Crippen molar-refractivity contribution in [2.45, 2.75) is 52.0 Å². The molecule has 0 atom stereocenters. The molecule has 0 aliphatic heterocycles. The summed E-state index contributed by atoms with van der Waals surface area (Å²) in [4.78, 5) is 4.01. The maximum absolute atomic E-state index is 4.01. The van der Waals surface area contributed by atoms with E-state index >= 15 is 0 Å². The van der Waals surface area contributed by atoms with Gasteiger partial charge in [0.05, 0.1) is 6.33 Å². The molecule has 0 bridgehead atoms. The molecule has 0 unspecified atom stereocenters. The fraction of sp³-hybridized carbons (Fsp3) is 0.320. The maximum atomic E-state index is 4.01. The van der Waals surface area contributed by atoms with Crippen molar-refractivity contribution in [3.8, 4) is 0 Å². The summed E-state index contributed by atoms with van der Waals surface area (Å²) < 4.78 is 2.15. The van der Waals surface area contributed by atoms with Crippen molar-refractivity contribution >= 4 is 17.6 Å². The number of hydrogen-bond donors (Lipinski definition) is 0. The summed E-state index contributed by atoms with van der Waals surface area (Å²) in [5.74, 6) is 1.99. The molecule has 0 radical (unpaired) electrons. The number of unbranched alkanes of at least 4 members (excludes halogenated alkanes) is 5. The maximum Gasteiger partial charge on any atom is 0.233 e. The van der Waals surface area contributed by atoms with Crippen LogP contribution >= 0.6 is 0 Å². The van der Waals surface area contributed by atoms with Gasteiger partial charge in [-0.2, -0.15) is 0 Å². The Morgan fingerprint density at radius 1 is 0.857 bits per heavy atom. The quantitative estimate of drug-likeness (QED) is 0.350. The molecule has 2 nitrogen and oxygen atoms in total. The van der Waals surface area contributed by atoms with Crippen LogP contribution in [0.5, 0.6) is 0 Å². The zero-order valence-corrected chi connectivity index (χ0v) is 17.2. The first-order chi connectivity index (χ1) is 13.8. The van der Waals surface area contributed by atoms with Crippen molar-refractivity contribution in [2.24, 2.45) is 0 Å². The Kier molecular flexibility index (Phi) is 10.6. The number of nitrogens with zero attached hydrogens (tertiary/aromatic N) is 2. The van der Waals surface area contributed by atoms with Crippen LogP contribution in [0, 0.1) is 0 Å². The third kappa shape index (κ3) is 8.00. The minimum atomic E-state index is 0.299. The Labute approximate surface area is 171 Å². The van der Waals surface area contributed by atoms with Gasteiger partial charge in [-0.25, -0.2) is 4.98 Å². The fourth-order valence-electron chi connectivity index (χ4n) is 3.28. The molecule has 2 aromatic carbocycles. The molecule has 1 heterocycles. The molecule has 0 aliphatic carbocycles. The van der Waals surface area contributed by atoms with Crippen LogP contribution in [0.4, 0.5) is 0 Å². The Morgan fingerprint density at radius 3 is 1.93 bits per heavy atom. The third-order valence-corrected chi connectivity index (χ3v) is 4.88. The lowest BCUT2D eigenvalue weighted by Gasteiger charge is -2.09. The van der Waals surface area contributed by atoms with Crippen molar-refractivity contribution < 1.29 is 0 Å². The van der Waals surface area contributed by atoms with Gasteiger partial charge in [-0.1, -0.05) is 111 Å². The van der Waals surface area contributed by atoms with Crippen molar-refractivity contribution in [3.63, 3.8) is 0 Å². The molecular weight excluding hydrogens is 339 g/mol. The van der Waals surface area contributed by atoms with Crippen molar-refractivity contribution in [2.75, 3.05) is 0 Å². The highest BCUT2D eigenvalue weighted by Gasteiger charge is 2.13. The Morgan fingerprint density at radius 2 is 1.43 bits per heavy atom. The second kappa shape index (κ2) is 13.6. The summed E-state index contributed by atoms with van der Waals surface area (Å²) in [5, 5.41) is 0. The van der Waals surface area contributed by atoms with Gasteiger partial charge in [0.1, 0.15) is 0 Å². The van der Waals surface area contributed by atoms with Crippen LogP contribution in [0.25, 0.3) is 0 Å². The molecule has 0 saturated heterocycles. The van der Waals surface area contributed by atoms with Gasteiger partial charge in [-0.15, -0.1) is 12.6 Å². The monoisotopic (exact) mass is 372 g/mol. The zero-order valence-electron chi connectivity index (χ0n) is 17.2. The van der Waals surface area contributed by atoms with Gasteiger partial charge in [0, 0.05) is 18.9 Å². The lowest BCUT2D eigenvalue weighted by Crippen LogP contribution is -2.40. The number of hydrogen-bond acceptors (Lipinski definition) is 1. The number of aryl methyl sites for hydroxylation is 1. The summed E-state index contributed by atoms with van der Waals surface area (Å²) in [5.41, 5.74) is 2.58. The van der Waals surface area contributed by atoms with E-state index in [4.69, 9.17) is 0 Å². The van der Waals surface area contributed by atoms with E-state index in [1.807, 2.05) is 36.8 Å². The Balaban J connectivity index is 0.000000203. The smallest absolute Gasteiger partial charge is 0.233 e. The standard InChI is InChI=1S/C14H13B.C11H20N2/c1-2-15(13-9-5-3-6-10-13)14-11-7-4-8-12-14;1-2-3-4-5-6-7-9-13-10-8-12-11-13/h2-12H,1H2;8,10-11H,2-7,9H2,1H3. The SMILES string of the molecule is C=CB(c1ccccc1)c1ccccc1.CCCCCCCCn1ccnc1. The van der Waals surface area contributed by atoms with Gasteiger partial charge in [-0.05, 0) is 6.42 Å². The van der Waals surface area contributed by atoms with Gasteiger partial charge >= 0.3 is 0 Å². The lowest BCUT2D eigenvalue weighted by atomic mass is 9.41. The average molecular weight is 372 g/mol. The molecule has 0 fully saturated rings. The van der Waals surface area contributed by atoms with Crippen molar-refractivity contribution in [1.29, 1.82) is 0 Å². The topological polar surface area (TPSA) is 17.8 Å². The molecular formula is C25H33BN2. The lowest BCUT2D eigenvalue weighted by molar-refractivity contribution is 0.558. The Hall–Kier alpha value is -2.55. The highest BCUT2D eigenvalue weighted by molar-refractivity contribution is 6.89. The van der Waals surface area contributed by atoms with Crippen LogP contribution in [0.15, 0.2) is 91.9 Å². The molecule has 1 aromatic heterocycles. The molecule has 3 aromatic rings. The van der Waals surface area contributed by atoms with Crippen molar-refractivity contribution in [1.82, 2.24) is 9.55 Å². The largest absolute Gasteiger partial charge is 0.337 e. The van der Waals surface area contributed by atoms with E-state index < -0.39 is 0 Å². The predicted molar refractivity (Wildman–Crippen MR) is 124 cm³/mol. The van der Waals surface area contributed by atoms with Gasteiger partial charge in [-0.3, -0.25) is 0 Å². The van der Waals surface area contributed by atoms with Gasteiger partial charge < -0.3 is 4.57 Å². The van der Waals surface area contributed by atoms with Crippen LogP contribution in [0.1, 0.15) is 45.4 Å². The number of imidazole rings is 1. The summed E-state index contributed by atoms with van der Waals surface area (Å²) in [6.45, 7) is 7.60. The molecule has 0 aliphatic rings. The summed E-state index contributed by atoms with van der Waals surface area (Å²) in [6.07, 6.45) is 13.9. The number of benzene rings is 2. The first-order valence-electron chi connectivity index (χ1n) is 10.5. The third-order valence-electron chi connectivity index (χ3n) is 4.88. The second-order valence-corrected chi connectivity index (χ2v) is 7.10. The van der Waals surface area contributed by atoms with Crippen molar-refractivity contribution in [3.05, 3.63) is 91.9 Å². The van der Waals surface area contributed by atoms with E-state index in [-0.39, 0.29) is 0 Å². The highest BCUT2D eigenvalue weighted by atomic mass is 15.0. The summed E-state index contributed by atoms with van der Waals surface area (Å²) in [7, 11) is 0. The second-order valence-electron chi connectivity index (χ2n) is 7.10. The van der Waals surface area contributed by atoms with Gasteiger partial charge in [0.15, 0.2) is 0 Å². The highest BCUT2D eigenvalue weighted by Crippen LogP contribution is 2.05. The van der Waals surface area contributed by atoms with E-state index in [0.29, 0.717) is 6.71 Å². The van der Waals surface area contributed by atoms with E-state index in [2.05, 4.69) is 71.6 Å². The minimum Gasteiger partial charge on any atom is -0.337 e. The van der Waals surface area contributed by atoms with Crippen LogP contribution in [0.2, 0.25) is 0 Å². The summed E-state index contributed by atoms with van der Waals surface area (Å²) in [6, 6.07) is 20.9. The average Bonchev–Trinajstić information content (AvgIpc) is 3.27. The molecule has 28 heavy (non-hydrogen) atoms. The van der Waals surface area contributed by atoms with Crippen LogP contribution in [0.3, 0.4) is 0 Å². The van der Waals surface area contributed by atoms with E-state index in [9.17, 15) is 0 Å². The summed E-state index contributed by atoms with van der Waals surface area (Å²) >= 11 is 0. The fourth-order valence-corrected chi connectivity index (χ4v) is 3.28. The van der Waals surface area contributed by atoms with E-state index in [1.54, 1.807) is 0 Å².